The zero-order chi connectivity index (χ0) is 12.3. The first-order valence-corrected chi connectivity index (χ1v) is 5.94. The number of nitrogens with two attached hydrogens (primary N) is 1. The first-order chi connectivity index (χ1) is 7.28. The van der Waals surface area contributed by atoms with E-state index in [1.807, 2.05) is 20.8 Å². The van der Waals surface area contributed by atoms with Crippen molar-refractivity contribution in [3.05, 3.63) is 0 Å². The molecule has 1 aliphatic rings. The smallest absolute Gasteiger partial charge is 0.323 e. The zero-order valence-corrected chi connectivity index (χ0v) is 10.4. The highest BCUT2D eigenvalue weighted by molar-refractivity contribution is 5.75. The van der Waals surface area contributed by atoms with Crippen molar-refractivity contribution in [1.82, 2.24) is 0 Å². The van der Waals surface area contributed by atoms with Crippen LogP contribution < -0.4 is 5.73 Å². The highest BCUT2D eigenvalue weighted by Crippen LogP contribution is 2.29. The predicted molar refractivity (Wildman–Crippen MR) is 61.8 cm³/mol. The van der Waals surface area contributed by atoms with Crippen molar-refractivity contribution in [2.75, 3.05) is 0 Å². The van der Waals surface area contributed by atoms with E-state index in [1.54, 1.807) is 0 Å². The third-order valence-electron chi connectivity index (χ3n) is 2.81. The fourth-order valence-electron chi connectivity index (χ4n) is 2.10. The van der Waals surface area contributed by atoms with Crippen molar-refractivity contribution in [2.24, 2.45) is 11.7 Å². The molecule has 0 spiro atoms. The predicted octanol–water partition coefficient (Wildman–Crippen LogP) is 1.21. The second-order valence-corrected chi connectivity index (χ2v) is 5.71. The molecule has 0 heterocycles. The highest BCUT2D eigenvalue weighted by Gasteiger charge is 2.29. The lowest BCUT2D eigenvalue weighted by atomic mass is 9.98. The third kappa shape index (κ3) is 4.49. The fourth-order valence-corrected chi connectivity index (χ4v) is 2.10. The van der Waals surface area contributed by atoms with Crippen LogP contribution >= 0.6 is 0 Å². The fraction of sp³-hybridized carbons (Fsp3) is 0.917. The van der Waals surface area contributed by atoms with E-state index >= 15 is 0 Å². The molecule has 0 aromatic rings. The Bertz CT molecular complexity index is 247. The van der Waals surface area contributed by atoms with Gasteiger partial charge in [-0.15, -0.1) is 0 Å². The molecule has 3 atom stereocenters. The van der Waals surface area contributed by atoms with Crippen molar-refractivity contribution >= 4 is 5.97 Å². The van der Waals surface area contributed by atoms with Gasteiger partial charge in [-0.25, -0.2) is 0 Å². The van der Waals surface area contributed by atoms with Crippen LogP contribution in [0.25, 0.3) is 0 Å². The maximum absolute atomic E-state index is 11.6. The summed E-state index contributed by atoms with van der Waals surface area (Å²) in [6.45, 7) is 5.49. The molecule has 0 amide bonds. The molecule has 0 saturated heterocycles. The van der Waals surface area contributed by atoms with Crippen molar-refractivity contribution in [1.29, 1.82) is 0 Å². The molecule has 0 bridgehead atoms. The van der Waals surface area contributed by atoms with E-state index in [-0.39, 0.29) is 12.1 Å². The van der Waals surface area contributed by atoms with Gasteiger partial charge < -0.3 is 15.6 Å². The van der Waals surface area contributed by atoms with E-state index in [0.29, 0.717) is 12.3 Å². The number of rotatable bonds is 3. The number of aliphatic hydroxyl groups is 1. The molecule has 1 saturated carbocycles. The molecule has 0 radical (unpaired) electrons. The first-order valence-electron chi connectivity index (χ1n) is 5.94. The van der Waals surface area contributed by atoms with Gasteiger partial charge in [0, 0.05) is 0 Å². The van der Waals surface area contributed by atoms with Crippen LogP contribution in [0.4, 0.5) is 0 Å². The van der Waals surface area contributed by atoms with Crippen LogP contribution in [-0.4, -0.2) is 28.8 Å². The summed E-state index contributed by atoms with van der Waals surface area (Å²) in [5, 5.41) is 9.38. The Labute approximate surface area is 97.2 Å². The van der Waals surface area contributed by atoms with Crippen LogP contribution in [0.3, 0.4) is 0 Å². The summed E-state index contributed by atoms with van der Waals surface area (Å²) in [7, 11) is 0. The largest absolute Gasteiger partial charge is 0.459 e. The van der Waals surface area contributed by atoms with Gasteiger partial charge in [-0.05, 0) is 52.4 Å². The van der Waals surface area contributed by atoms with Crippen LogP contribution in [-0.2, 0) is 9.53 Å². The Morgan fingerprint density at radius 3 is 2.56 bits per heavy atom. The van der Waals surface area contributed by atoms with E-state index in [9.17, 15) is 9.90 Å². The quantitative estimate of drug-likeness (QED) is 0.713. The lowest BCUT2D eigenvalue weighted by Gasteiger charge is -2.23. The second kappa shape index (κ2) is 5.15. The number of hydrogen-bond acceptors (Lipinski definition) is 4. The molecule has 94 valence electrons. The summed E-state index contributed by atoms with van der Waals surface area (Å²) in [6, 6.07) is -0.561. The molecular weight excluding hydrogens is 206 g/mol. The maximum Gasteiger partial charge on any atom is 0.323 e. The van der Waals surface area contributed by atoms with Gasteiger partial charge in [0.15, 0.2) is 0 Å². The van der Waals surface area contributed by atoms with Crippen molar-refractivity contribution in [3.8, 4) is 0 Å². The maximum atomic E-state index is 11.6. The summed E-state index contributed by atoms with van der Waals surface area (Å²) >= 11 is 0. The van der Waals surface area contributed by atoms with E-state index in [1.165, 1.54) is 0 Å². The normalized spacial score (nSPS) is 27.8. The number of esters is 1. The van der Waals surface area contributed by atoms with Gasteiger partial charge in [0.1, 0.15) is 11.6 Å². The molecular formula is C12H23NO3. The summed E-state index contributed by atoms with van der Waals surface area (Å²) < 4.78 is 5.21. The van der Waals surface area contributed by atoms with Crippen molar-refractivity contribution in [2.45, 2.75) is 64.2 Å². The van der Waals surface area contributed by atoms with E-state index in [0.717, 1.165) is 19.3 Å². The van der Waals surface area contributed by atoms with E-state index in [4.69, 9.17) is 10.5 Å². The molecule has 1 aliphatic carbocycles. The third-order valence-corrected chi connectivity index (χ3v) is 2.81. The van der Waals surface area contributed by atoms with Gasteiger partial charge in [0.05, 0.1) is 6.10 Å². The average molecular weight is 229 g/mol. The lowest BCUT2D eigenvalue weighted by Crippen LogP contribution is -2.38. The average Bonchev–Trinajstić information content (AvgIpc) is 2.48. The van der Waals surface area contributed by atoms with Gasteiger partial charge >= 0.3 is 5.97 Å². The zero-order valence-electron chi connectivity index (χ0n) is 10.4. The lowest BCUT2D eigenvalue weighted by molar-refractivity contribution is -0.156. The van der Waals surface area contributed by atoms with Gasteiger partial charge in [0.2, 0.25) is 0 Å². The van der Waals surface area contributed by atoms with Crippen LogP contribution in [0.5, 0.6) is 0 Å². The molecule has 4 heteroatoms. The van der Waals surface area contributed by atoms with Crippen molar-refractivity contribution < 1.29 is 14.6 Å². The minimum absolute atomic E-state index is 0.212. The molecule has 4 nitrogen and oxygen atoms in total. The highest BCUT2D eigenvalue weighted by atomic mass is 16.6. The Hall–Kier alpha value is -0.610. The molecule has 0 aliphatic heterocycles. The molecule has 1 fully saturated rings. The van der Waals surface area contributed by atoms with Gasteiger partial charge in [-0.3, -0.25) is 4.79 Å². The minimum atomic E-state index is -0.561. The number of aliphatic hydroxyl groups excluding tert-OH is 1. The summed E-state index contributed by atoms with van der Waals surface area (Å²) in [5.74, 6) is 0.0198. The Morgan fingerprint density at radius 2 is 2.12 bits per heavy atom. The molecule has 0 aromatic heterocycles. The first kappa shape index (κ1) is 13.5. The van der Waals surface area contributed by atoms with Gasteiger partial charge in [-0.1, -0.05) is 0 Å². The number of carbonyl (C=O) groups excluding carboxylic acids is 1. The van der Waals surface area contributed by atoms with Crippen LogP contribution in [0.15, 0.2) is 0 Å². The number of hydrogen-bond donors (Lipinski definition) is 2. The molecule has 1 unspecified atom stereocenters. The summed E-state index contributed by atoms with van der Waals surface area (Å²) in [6.07, 6.45) is 2.95. The van der Waals surface area contributed by atoms with E-state index in [2.05, 4.69) is 0 Å². The second-order valence-electron chi connectivity index (χ2n) is 5.71. The van der Waals surface area contributed by atoms with Crippen LogP contribution in [0.1, 0.15) is 46.5 Å². The van der Waals surface area contributed by atoms with Gasteiger partial charge in [0.25, 0.3) is 0 Å². The van der Waals surface area contributed by atoms with Crippen LogP contribution in [0, 0.1) is 5.92 Å². The molecule has 0 aromatic carbocycles. The Morgan fingerprint density at radius 1 is 1.50 bits per heavy atom. The molecule has 1 rings (SSSR count). The Kier molecular flexibility index (Phi) is 4.33. The van der Waals surface area contributed by atoms with Crippen LogP contribution in [0.2, 0.25) is 0 Å². The molecule has 3 N–H and O–H groups in total. The summed E-state index contributed by atoms with van der Waals surface area (Å²) in [5.41, 5.74) is 5.31. The number of carbonyl (C=O) groups is 1. The summed E-state index contributed by atoms with van der Waals surface area (Å²) in [4.78, 5) is 11.6. The monoisotopic (exact) mass is 229 g/mol. The topological polar surface area (TPSA) is 72.5 Å². The minimum Gasteiger partial charge on any atom is -0.459 e. The van der Waals surface area contributed by atoms with Gasteiger partial charge in [-0.2, -0.15) is 0 Å². The number of ether oxygens (including phenoxy) is 1. The standard InChI is InChI=1S/C12H23NO3/c1-12(2,3)16-11(15)10(13)7-8-4-5-9(14)6-8/h8-10,14H,4-7,13H2,1-3H3/t8-,9-,10?/m0/s1. The Balaban J connectivity index is 2.34. The van der Waals surface area contributed by atoms with E-state index < -0.39 is 11.6 Å². The SMILES string of the molecule is CC(C)(C)OC(=O)C(N)C[C@H]1CC[C@H](O)C1. The molecule has 16 heavy (non-hydrogen) atoms. The van der Waals surface area contributed by atoms with Crippen molar-refractivity contribution in [3.63, 3.8) is 0 Å².